The van der Waals surface area contributed by atoms with Crippen molar-refractivity contribution in [3.8, 4) is 0 Å². The van der Waals surface area contributed by atoms with E-state index in [0.717, 1.165) is 24.9 Å². The van der Waals surface area contributed by atoms with Crippen LogP contribution >= 0.6 is 23.1 Å². The smallest absolute Gasteiger partial charge is 0.243 e. The Balaban J connectivity index is 1.27. The van der Waals surface area contributed by atoms with Gasteiger partial charge in [-0.25, -0.2) is 8.42 Å². The van der Waals surface area contributed by atoms with E-state index < -0.39 is 10.0 Å². The van der Waals surface area contributed by atoms with Crippen LogP contribution in [0, 0.1) is 0 Å². The summed E-state index contributed by atoms with van der Waals surface area (Å²) < 4.78 is 27.7. The minimum Gasteiger partial charge on any atom is -0.330 e. The average molecular weight is 532 g/mol. The van der Waals surface area contributed by atoms with Crippen LogP contribution < -0.4 is 10.6 Å². The molecule has 1 amide bonds. The van der Waals surface area contributed by atoms with Gasteiger partial charge in [-0.05, 0) is 60.7 Å². The summed E-state index contributed by atoms with van der Waals surface area (Å²) in [6.45, 7) is 5.43. The van der Waals surface area contributed by atoms with E-state index in [4.69, 9.17) is 0 Å². The summed E-state index contributed by atoms with van der Waals surface area (Å²) in [7, 11) is -3.48. The second-order valence-corrected chi connectivity index (χ2v) is 12.7. The molecule has 1 saturated heterocycles. The fraction of sp³-hybridized carbons (Fsp3) is 0.375. The maximum atomic E-state index is 12.8. The standard InChI is InChI=1S/C24H29N5O3S3/c1-17(2)18-6-8-20(9-7-18)26-23-27-28-24(34-23)33-16-22(30)25-19-10-12-21(13-11-19)35(31,32)29-14-4-3-5-15-29/h6-13,17H,3-5,14-16H2,1-2H3,(H,25,30)(H,26,27). The molecule has 0 unspecified atom stereocenters. The third-order valence-corrected chi connectivity index (χ3v) is 9.54. The van der Waals surface area contributed by atoms with Gasteiger partial charge in [0.25, 0.3) is 0 Å². The molecule has 0 radical (unpaired) electrons. The molecule has 3 aromatic rings. The zero-order valence-corrected chi connectivity index (χ0v) is 22.2. The van der Waals surface area contributed by atoms with E-state index in [1.165, 1.54) is 33.0 Å². The number of carbonyl (C=O) groups is 1. The van der Waals surface area contributed by atoms with Crippen molar-refractivity contribution in [1.82, 2.24) is 14.5 Å². The summed E-state index contributed by atoms with van der Waals surface area (Å²) in [5.74, 6) is 0.451. The highest BCUT2D eigenvalue weighted by atomic mass is 32.2. The van der Waals surface area contributed by atoms with E-state index in [9.17, 15) is 13.2 Å². The number of nitrogens with one attached hydrogen (secondary N) is 2. The highest BCUT2D eigenvalue weighted by Crippen LogP contribution is 2.28. The van der Waals surface area contributed by atoms with Crippen LogP contribution in [0.3, 0.4) is 0 Å². The van der Waals surface area contributed by atoms with Crippen molar-refractivity contribution < 1.29 is 13.2 Å². The Morgan fingerprint density at radius 3 is 2.31 bits per heavy atom. The van der Waals surface area contributed by atoms with E-state index in [-0.39, 0.29) is 16.6 Å². The fourth-order valence-corrected chi connectivity index (χ4v) is 6.77. The second kappa shape index (κ2) is 11.5. The van der Waals surface area contributed by atoms with Gasteiger partial charge in [-0.2, -0.15) is 4.31 Å². The monoisotopic (exact) mass is 531 g/mol. The molecule has 0 aliphatic carbocycles. The number of anilines is 3. The zero-order chi connectivity index (χ0) is 24.8. The zero-order valence-electron chi connectivity index (χ0n) is 19.7. The van der Waals surface area contributed by atoms with Crippen molar-refractivity contribution in [1.29, 1.82) is 0 Å². The molecule has 0 atom stereocenters. The maximum absolute atomic E-state index is 12.8. The quantitative estimate of drug-likeness (QED) is 0.361. The lowest BCUT2D eigenvalue weighted by Crippen LogP contribution is -2.35. The maximum Gasteiger partial charge on any atom is 0.243 e. The number of amides is 1. The molecule has 1 aliphatic heterocycles. The van der Waals surface area contributed by atoms with Crippen molar-refractivity contribution in [2.75, 3.05) is 29.5 Å². The first-order valence-corrected chi connectivity index (χ1v) is 14.8. The van der Waals surface area contributed by atoms with Gasteiger partial charge in [-0.3, -0.25) is 4.79 Å². The molecule has 1 aromatic heterocycles. The van der Waals surface area contributed by atoms with Crippen LogP contribution in [-0.2, 0) is 14.8 Å². The molecule has 4 rings (SSSR count). The number of benzene rings is 2. The Hall–Kier alpha value is -2.47. The molecule has 8 nitrogen and oxygen atoms in total. The van der Waals surface area contributed by atoms with Gasteiger partial charge in [-0.15, -0.1) is 10.2 Å². The van der Waals surface area contributed by atoms with E-state index in [1.807, 2.05) is 12.1 Å². The summed E-state index contributed by atoms with van der Waals surface area (Å²) in [6.07, 6.45) is 2.85. The second-order valence-electron chi connectivity index (χ2n) is 8.60. The van der Waals surface area contributed by atoms with Crippen molar-refractivity contribution >= 4 is 55.5 Å². The summed E-state index contributed by atoms with van der Waals surface area (Å²) >= 11 is 2.68. The van der Waals surface area contributed by atoms with Gasteiger partial charge in [0.1, 0.15) is 0 Å². The van der Waals surface area contributed by atoms with Crippen LogP contribution in [0.4, 0.5) is 16.5 Å². The van der Waals surface area contributed by atoms with Crippen molar-refractivity contribution in [3.63, 3.8) is 0 Å². The van der Waals surface area contributed by atoms with E-state index in [2.05, 4.69) is 46.8 Å². The number of rotatable bonds is 9. The van der Waals surface area contributed by atoms with Gasteiger partial charge in [0.05, 0.1) is 10.6 Å². The molecule has 2 heterocycles. The predicted octanol–water partition coefficient (Wildman–Crippen LogP) is 5.31. The molecule has 0 saturated carbocycles. The Morgan fingerprint density at radius 2 is 1.66 bits per heavy atom. The van der Waals surface area contributed by atoms with Crippen molar-refractivity contribution in [2.45, 2.75) is 48.3 Å². The average Bonchev–Trinajstić information content (AvgIpc) is 3.31. The normalized spacial score (nSPS) is 14.7. The highest BCUT2D eigenvalue weighted by molar-refractivity contribution is 8.01. The third-order valence-electron chi connectivity index (χ3n) is 5.65. The summed E-state index contributed by atoms with van der Waals surface area (Å²) in [5.41, 5.74) is 2.76. The molecule has 1 aliphatic rings. The van der Waals surface area contributed by atoms with E-state index >= 15 is 0 Å². The lowest BCUT2D eigenvalue weighted by molar-refractivity contribution is -0.113. The number of aromatic nitrogens is 2. The first kappa shape index (κ1) is 25.6. The number of nitrogens with zero attached hydrogens (tertiary/aromatic N) is 3. The number of hydrogen-bond acceptors (Lipinski definition) is 8. The topological polar surface area (TPSA) is 104 Å². The lowest BCUT2D eigenvalue weighted by Gasteiger charge is -2.25. The Bertz CT molecular complexity index is 1240. The van der Waals surface area contributed by atoms with Gasteiger partial charge < -0.3 is 10.6 Å². The van der Waals surface area contributed by atoms with Crippen molar-refractivity contribution in [2.24, 2.45) is 0 Å². The molecule has 2 N–H and O–H groups in total. The Labute approximate surface area is 214 Å². The van der Waals surface area contributed by atoms with Crippen LogP contribution in [-0.4, -0.2) is 47.7 Å². The summed E-state index contributed by atoms with van der Waals surface area (Å²) in [6, 6.07) is 14.5. The van der Waals surface area contributed by atoms with Gasteiger partial charge >= 0.3 is 0 Å². The fourth-order valence-electron chi connectivity index (χ4n) is 3.68. The molecule has 11 heteroatoms. The molecule has 186 valence electrons. The van der Waals surface area contributed by atoms with Crippen molar-refractivity contribution in [3.05, 3.63) is 54.1 Å². The molecule has 1 fully saturated rings. The summed E-state index contributed by atoms with van der Waals surface area (Å²) in [5, 5.41) is 15.0. The molecule has 0 bridgehead atoms. The summed E-state index contributed by atoms with van der Waals surface area (Å²) in [4.78, 5) is 12.6. The van der Waals surface area contributed by atoms with Crippen LogP contribution in [0.15, 0.2) is 57.8 Å². The predicted molar refractivity (Wildman–Crippen MR) is 142 cm³/mol. The molecular formula is C24H29N5O3S3. The van der Waals surface area contributed by atoms with E-state index in [1.54, 1.807) is 24.3 Å². The number of hydrogen-bond donors (Lipinski definition) is 2. The highest BCUT2D eigenvalue weighted by Gasteiger charge is 2.25. The van der Waals surface area contributed by atoms with Crippen LogP contribution in [0.5, 0.6) is 0 Å². The SMILES string of the molecule is CC(C)c1ccc(Nc2nnc(SCC(=O)Nc3ccc(S(=O)(=O)N4CCCCC4)cc3)s2)cc1. The largest absolute Gasteiger partial charge is 0.330 e. The van der Waals surface area contributed by atoms with Crippen LogP contribution in [0.1, 0.15) is 44.6 Å². The number of sulfonamides is 1. The Morgan fingerprint density at radius 1 is 1.00 bits per heavy atom. The minimum atomic E-state index is -3.48. The number of carbonyl (C=O) groups excluding carboxylic acids is 1. The first-order valence-electron chi connectivity index (χ1n) is 11.5. The minimum absolute atomic E-state index is 0.172. The number of piperidine rings is 1. The van der Waals surface area contributed by atoms with Crippen LogP contribution in [0.2, 0.25) is 0 Å². The third kappa shape index (κ3) is 6.81. The molecular weight excluding hydrogens is 502 g/mol. The molecule has 0 spiro atoms. The van der Waals surface area contributed by atoms with Gasteiger partial charge in [0, 0.05) is 24.5 Å². The lowest BCUT2D eigenvalue weighted by atomic mass is 10.0. The van der Waals surface area contributed by atoms with Gasteiger partial charge in [0.15, 0.2) is 4.34 Å². The Kier molecular flexibility index (Phi) is 8.42. The van der Waals surface area contributed by atoms with Gasteiger partial charge in [0.2, 0.25) is 21.1 Å². The van der Waals surface area contributed by atoms with Gasteiger partial charge in [-0.1, -0.05) is 55.5 Å². The molecule has 2 aromatic carbocycles. The van der Waals surface area contributed by atoms with Crippen LogP contribution in [0.25, 0.3) is 0 Å². The number of thioether (sulfide) groups is 1. The van der Waals surface area contributed by atoms with E-state index in [0.29, 0.717) is 34.2 Å². The first-order chi connectivity index (χ1) is 16.8. The molecule has 35 heavy (non-hydrogen) atoms.